The van der Waals surface area contributed by atoms with Gasteiger partial charge in [0.1, 0.15) is 12.4 Å². The molecule has 0 spiro atoms. The highest BCUT2D eigenvalue weighted by Crippen LogP contribution is 2.28. The molecule has 162 valence electrons. The summed E-state index contributed by atoms with van der Waals surface area (Å²) in [4.78, 5) is 12.9. The highest BCUT2D eigenvalue weighted by atomic mass is 35.5. The molecule has 0 fully saturated rings. The van der Waals surface area contributed by atoms with Crippen molar-refractivity contribution in [1.82, 2.24) is 0 Å². The van der Waals surface area contributed by atoms with E-state index in [1.54, 1.807) is 24.3 Å². The van der Waals surface area contributed by atoms with Crippen LogP contribution < -0.4 is 9.62 Å². The van der Waals surface area contributed by atoms with Crippen LogP contribution in [0.2, 0.25) is 5.02 Å². The van der Waals surface area contributed by atoms with Gasteiger partial charge in [0.2, 0.25) is 5.91 Å². The van der Waals surface area contributed by atoms with Gasteiger partial charge in [-0.15, -0.1) is 0 Å². The molecule has 8 heteroatoms. The van der Waals surface area contributed by atoms with Gasteiger partial charge in [-0.3, -0.25) is 9.10 Å². The van der Waals surface area contributed by atoms with Crippen molar-refractivity contribution in [2.75, 3.05) is 16.2 Å². The molecule has 0 aromatic heterocycles. The average molecular weight is 461 g/mol. The summed E-state index contributed by atoms with van der Waals surface area (Å²) in [6, 6.07) is 17.2. The first-order chi connectivity index (χ1) is 14.7. The van der Waals surface area contributed by atoms with Crippen molar-refractivity contribution >= 4 is 38.9 Å². The second-order valence-corrected chi connectivity index (χ2v) is 9.25. The molecule has 0 aliphatic rings. The normalized spacial score (nSPS) is 11.2. The third kappa shape index (κ3) is 5.24. The third-order valence-electron chi connectivity index (χ3n) is 4.74. The predicted molar refractivity (Wildman–Crippen MR) is 122 cm³/mol. The van der Waals surface area contributed by atoms with E-state index in [0.717, 1.165) is 21.5 Å². The lowest BCUT2D eigenvalue weighted by Gasteiger charge is -2.26. The molecule has 1 N–H and O–H groups in total. The van der Waals surface area contributed by atoms with E-state index in [4.69, 9.17) is 11.6 Å². The maximum absolute atomic E-state index is 13.5. The van der Waals surface area contributed by atoms with Gasteiger partial charge in [0.25, 0.3) is 10.0 Å². The van der Waals surface area contributed by atoms with Crippen LogP contribution in [0, 0.1) is 12.7 Å². The maximum Gasteiger partial charge on any atom is 0.264 e. The lowest BCUT2D eigenvalue weighted by atomic mass is 10.1. The summed E-state index contributed by atoms with van der Waals surface area (Å²) in [5.41, 5.74) is 2.41. The molecule has 0 aliphatic carbocycles. The fourth-order valence-electron chi connectivity index (χ4n) is 3.10. The molecule has 0 radical (unpaired) electrons. The molecule has 5 nitrogen and oxygen atoms in total. The van der Waals surface area contributed by atoms with Gasteiger partial charge >= 0.3 is 0 Å². The summed E-state index contributed by atoms with van der Waals surface area (Å²) in [5, 5.41) is 2.44. The smallest absolute Gasteiger partial charge is 0.264 e. The fourth-order valence-corrected chi connectivity index (χ4v) is 4.73. The van der Waals surface area contributed by atoms with E-state index in [9.17, 15) is 17.6 Å². The van der Waals surface area contributed by atoms with Crippen LogP contribution in [0.3, 0.4) is 0 Å². The molecular weight excluding hydrogens is 439 g/mol. The number of nitrogens with zero attached hydrogens (tertiary/aromatic N) is 1. The van der Waals surface area contributed by atoms with E-state index < -0.39 is 28.3 Å². The number of sulfonamides is 1. The number of amides is 1. The monoisotopic (exact) mass is 460 g/mol. The molecule has 0 saturated heterocycles. The van der Waals surface area contributed by atoms with Gasteiger partial charge in [-0.2, -0.15) is 0 Å². The summed E-state index contributed by atoms with van der Waals surface area (Å²) >= 11 is 5.77. The van der Waals surface area contributed by atoms with Crippen LogP contribution in [0.1, 0.15) is 18.1 Å². The molecule has 0 heterocycles. The van der Waals surface area contributed by atoms with E-state index in [1.165, 1.54) is 24.3 Å². The Morgan fingerprint density at radius 3 is 2.39 bits per heavy atom. The number of carbonyl (C=O) groups is 1. The number of para-hydroxylation sites is 1. The maximum atomic E-state index is 13.5. The Balaban J connectivity index is 1.98. The molecular formula is C23H22ClFN2O3S. The van der Waals surface area contributed by atoms with E-state index in [0.29, 0.717) is 12.1 Å². The summed E-state index contributed by atoms with van der Waals surface area (Å²) in [6.45, 7) is 3.32. The highest BCUT2D eigenvalue weighted by molar-refractivity contribution is 7.92. The minimum Gasteiger partial charge on any atom is -0.324 e. The van der Waals surface area contributed by atoms with E-state index in [-0.39, 0.29) is 15.6 Å². The van der Waals surface area contributed by atoms with Crippen molar-refractivity contribution < 1.29 is 17.6 Å². The Morgan fingerprint density at radius 2 is 1.74 bits per heavy atom. The Kier molecular flexibility index (Phi) is 6.97. The van der Waals surface area contributed by atoms with Gasteiger partial charge in [-0.1, -0.05) is 54.4 Å². The first-order valence-electron chi connectivity index (χ1n) is 9.64. The van der Waals surface area contributed by atoms with E-state index in [1.807, 2.05) is 26.0 Å². The number of aryl methyl sites for hydroxylation is 2. The number of halogens is 2. The molecule has 31 heavy (non-hydrogen) atoms. The molecule has 0 saturated carbocycles. The van der Waals surface area contributed by atoms with Crippen LogP contribution in [0.5, 0.6) is 0 Å². The van der Waals surface area contributed by atoms with Crippen LogP contribution in [0.25, 0.3) is 0 Å². The number of hydrogen-bond acceptors (Lipinski definition) is 3. The van der Waals surface area contributed by atoms with Gasteiger partial charge in [0, 0.05) is 5.69 Å². The Hall–Kier alpha value is -2.90. The fraction of sp³-hybridized carbons (Fsp3) is 0.174. The zero-order chi connectivity index (χ0) is 22.6. The Bertz CT molecular complexity index is 1200. The molecule has 0 aliphatic heterocycles. The average Bonchev–Trinajstić information content (AvgIpc) is 2.75. The van der Waals surface area contributed by atoms with Crippen LogP contribution in [-0.2, 0) is 21.2 Å². The molecule has 0 bridgehead atoms. The van der Waals surface area contributed by atoms with E-state index >= 15 is 0 Å². The zero-order valence-corrected chi connectivity index (χ0v) is 18.7. The summed E-state index contributed by atoms with van der Waals surface area (Å²) < 4.78 is 41.4. The topological polar surface area (TPSA) is 66.5 Å². The SMILES string of the molecule is CCc1ccccc1N(CC(=O)Nc1ccc(F)c(Cl)c1)S(=O)(=O)c1ccc(C)cc1. The second kappa shape index (κ2) is 9.49. The number of nitrogens with one attached hydrogen (secondary N) is 1. The molecule has 3 aromatic rings. The number of carbonyl (C=O) groups excluding carboxylic acids is 1. The first-order valence-corrected chi connectivity index (χ1v) is 11.5. The molecule has 0 atom stereocenters. The third-order valence-corrected chi connectivity index (χ3v) is 6.80. The second-order valence-electron chi connectivity index (χ2n) is 6.98. The highest BCUT2D eigenvalue weighted by Gasteiger charge is 2.28. The number of hydrogen-bond donors (Lipinski definition) is 1. The largest absolute Gasteiger partial charge is 0.324 e. The number of benzene rings is 3. The van der Waals surface area contributed by atoms with Crippen molar-refractivity contribution in [2.45, 2.75) is 25.2 Å². The molecule has 3 aromatic carbocycles. The van der Waals surface area contributed by atoms with Crippen molar-refractivity contribution in [2.24, 2.45) is 0 Å². The number of rotatable bonds is 7. The van der Waals surface area contributed by atoms with Gasteiger partial charge < -0.3 is 5.32 Å². The quantitative estimate of drug-likeness (QED) is 0.528. The van der Waals surface area contributed by atoms with E-state index in [2.05, 4.69) is 5.32 Å². The lowest BCUT2D eigenvalue weighted by Crippen LogP contribution is -2.38. The Labute approximate surface area is 186 Å². The molecule has 3 rings (SSSR count). The molecule has 1 amide bonds. The van der Waals surface area contributed by atoms with Gasteiger partial charge in [0.05, 0.1) is 15.6 Å². The van der Waals surface area contributed by atoms with Gasteiger partial charge in [-0.05, 0) is 55.3 Å². The minimum atomic E-state index is -4.02. The minimum absolute atomic E-state index is 0.0848. The summed E-state index contributed by atoms with van der Waals surface area (Å²) in [7, 11) is -4.02. The number of anilines is 2. The molecule has 0 unspecified atom stereocenters. The first kappa shape index (κ1) is 22.8. The van der Waals surface area contributed by atoms with Crippen molar-refractivity contribution in [3.63, 3.8) is 0 Å². The van der Waals surface area contributed by atoms with Crippen LogP contribution in [-0.4, -0.2) is 20.9 Å². The van der Waals surface area contributed by atoms with Crippen molar-refractivity contribution in [1.29, 1.82) is 0 Å². The predicted octanol–water partition coefficient (Wildman–Crippen LogP) is 5.18. The van der Waals surface area contributed by atoms with Crippen molar-refractivity contribution in [3.05, 3.63) is 88.7 Å². The van der Waals surface area contributed by atoms with Crippen LogP contribution >= 0.6 is 11.6 Å². The van der Waals surface area contributed by atoms with Gasteiger partial charge in [-0.25, -0.2) is 12.8 Å². The summed E-state index contributed by atoms with van der Waals surface area (Å²) in [5.74, 6) is -1.19. The van der Waals surface area contributed by atoms with Crippen LogP contribution in [0.4, 0.5) is 15.8 Å². The standard InChI is InChI=1S/C23H22ClFN2O3S/c1-3-17-6-4-5-7-22(17)27(31(29,30)19-11-8-16(2)9-12-19)15-23(28)26-18-10-13-21(25)20(24)14-18/h4-14H,3,15H2,1-2H3,(H,26,28). The van der Waals surface area contributed by atoms with Crippen LogP contribution in [0.15, 0.2) is 71.6 Å². The van der Waals surface area contributed by atoms with Crippen molar-refractivity contribution in [3.8, 4) is 0 Å². The zero-order valence-electron chi connectivity index (χ0n) is 17.1. The summed E-state index contributed by atoms with van der Waals surface area (Å²) in [6.07, 6.45) is 0.589. The lowest BCUT2D eigenvalue weighted by molar-refractivity contribution is -0.114. The van der Waals surface area contributed by atoms with Gasteiger partial charge in [0.15, 0.2) is 0 Å². The Morgan fingerprint density at radius 1 is 1.06 bits per heavy atom.